The van der Waals surface area contributed by atoms with E-state index in [-0.39, 0.29) is 29.6 Å². The van der Waals surface area contributed by atoms with Crippen molar-refractivity contribution < 1.29 is 19.5 Å². The first kappa shape index (κ1) is 18.9. The second kappa shape index (κ2) is 8.10. The summed E-state index contributed by atoms with van der Waals surface area (Å²) in [6.45, 7) is -0.139. The van der Waals surface area contributed by atoms with E-state index in [1.165, 1.54) is 18.0 Å². The highest BCUT2D eigenvalue weighted by atomic mass is 35.5. The van der Waals surface area contributed by atoms with E-state index in [2.05, 4.69) is 0 Å². The predicted molar refractivity (Wildman–Crippen MR) is 89.3 cm³/mol. The maximum absolute atomic E-state index is 12.4. The molecule has 1 aliphatic heterocycles. The zero-order valence-electron chi connectivity index (χ0n) is 13.6. The van der Waals surface area contributed by atoms with Crippen LogP contribution >= 0.6 is 11.6 Å². The van der Waals surface area contributed by atoms with E-state index in [4.69, 9.17) is 16.9 Å². The summed E-state index contributed by atoms with van der Waals surface area (Å²) in [5.41, 5.74) is 0.255. The van der Waals surface area contributed by atoms with Crippen molar-refractivity contribution in [2.45, 2.75) is 18.6 Å². The van der Waals surface area contributed by atoms with Crippen LogP contribution in [0.1, 0.15) is 18.1 Å². The largest absolute Gasteiger partial charge is 0.378 e. The Hall–Kier alpha value is -2.43. The number of hydrogen-bond acceptors (Lipinski definition) is 5. The molecule has 0 aromatic heterocycles. The molecule has 3 atom stereocenters. The number of aldehydes is 1. The van der Waals surface area contributed by atoms with Crippen LogP contribution in [0.4, 0.5) is 0 Å². The number of likely N-dealkylation sites (tertiary alicyclic amines) is 1. The van der Waals surface area contributed by atoms with E-state index in [1.54, 1.807) is 18.2 Å². The van der Waals surface area contributed by atoms with E-state index in [0.29, 0.717) is 6.42 Å². The number of carbonyl (C=O) groups excluding carboxylic acids is 3. The molecule has 25 heavy (non-hydrogen) atoms. The van der Waals surface area contributed by atoms with Crippen LogP contribution in [0.15, 0.2) is 24.3 Å². The van der Waals surface area contributed by atoms with Crippen molar-refractivity contribution in [1.82, 2.24) is 9.80 Å². The molecule has 1 heterocycles. The van der Waals surface area contributed by atoms with Crippen molar-refractivity contribution in [3.63, 3.8) is 0 Å². The van der Waals surface area contributed by atoms with Gasteiger partial charge in [-0.25, -0.2) is 0 Å². The number of carbonyl (C=O) groups is 3. The Morgan fingerprint density at radius 3 is 2.80 bits per heavy atom. The average Bonchev–Trinajstić information content (AvgIpc) is 3.04. The number of aliphatic hydroxyl groups is 1. The minimum absolute atomic E-state index is 0.162. The molecule has 1 saturated heterocycles. The number of halogens is 1. The minimum atomic E-state index is -1.49. The molecule has 2 amide bonds. The van der Waals surface area contributed by atoms with Gasteiger partial charge in [-0.1, -0.05) is 29.8 Å². The van der Waals surface area contributed by atoms with Crippen molar-refractivity contribution in [2.75, 3.05) is 20.1 Å². The molecule has 0 radical (unpaired) electrons. The van der Waals surface area contributed by atoms with E-state index in [0.717, 1.165) is 11.2 Å². The average molecular weight is 364 g/mol. The molecular weight excluding hydrogens is 346 g/mol. The predicted octanol–water partition coefficient (Wildman–Crippen LogP) is 0.771. The van der Waals surface area contributed by atoms with Gasteiger partial charge in [0.05, 0.1) is 12.6 Å². The quantitative estimate of drug-likeness (QED) is 0.778. The van der Waals surface area contributed by atoms with Gasteiger partial charge in [-0.05, 0) is 12.5 Å². The Kier molecular flexibility index (Phi) is 6.12. The van der Waals surface area contributed by atoms with Crippen LogP contribution in [0.2, 0.25) is 5.02 Å². The first-order valence-electron chi connectivity index (χ1n) is 7.70. The normalized spacial score (nSPS) is 20.6. The Labute approximate surface area is 150 Å². The van der Waals surface area contributed by atoms with Gasteiger partial charge in [0.2, 0.25) is 5.91 Å². The molecule has 0 saturated carbocycles. The van der Waals surface area contributed by atoms with Crippen LogP contribution in [0.3, 0.4) is 0 Å². The fraction of sp³-hybridized carbons (Fsp3) is 0.412. The first-order chi connectivity index (χ1) is 11.9. The Morgan fingerprint density at radius 2 is 2.20 bits per heavy atom. The molecule has 1 fully saturated rings. The third-order valence-corrected chi connectivity index (χ3v) is 4.52. The standard InChI is InChI=1S/C17H18ClN3O4/c1-20(17(25)16(24)13-4-2-3-5-14(13)18)9-15(23)21-8-11(10-22)6-12(21)7-19/h2-5,10-12,16,24H,6,8-9H2,1H3. The van der Waals surface area contributed by atoms with E-state index in [1.807, 2.05) is 6.07 Å². The van der Waals surface area contributed by atoms with E-state index < -0.39 is 24.0 Å². The number of benzene rings is 1. The first-order valence-corrected chi connectivity index (χ1v) is 8.08. The van der Waals surface area contributed by atoms with Gasteiger partial charge >= 0.3 is 0 Å². The summed E-state index contributed by atoms with van der Waals surface area (Å²) in [5.74, 6) is -1.50. The molecule has 0 bridgehead atoms. The maximum Gasteiger partial charge on any atom is 0.256 e. The molecule has 2 rings (SSSR count). The van der Waals surface area contributed by atoms with Gasteiger partial charge < -0.3 is 19.7 Å². The monoisotopic (exact) mass is 363 g/mol. The van der Waals surface area contributed by atoms with Gasteiger partial charge in [0.25, 0.3) is 5.91 Å². The second-order valence-electron chi connectivity index (χ2n) is 5.94. The summed E-state index contributed by atoms with van der Waals surface area (Å²) in [4.78, 5) is 38.0. The lowest BCUT2D eigenvalue weighted by Crippen LogP contribution is -2.44. The summed E-state index contributed by atoms with van der Waals surface area (Å²) < 4.78 is 0. The van der Waals surface area contributed by atoms with E-state index >= 15 is 0 Å². The molecule has 132 valence electrons. The van der Waals surface area contributed by atoms with Crippen molar-refractivity contribution in [1.29, 1.82) is 5.26 Å². The van der Waals surface area contributed by atoms with Gasteiger partial charge in [-0.2, -0.15) is 5.26 Å². The molecule has 1 aromatic carbocycles. The van der Waals surface area contributed by atoms with Gasteiger partial charge in [-0.15, -0.1) is 0 Å². The molecule has 1 aromatic rings. The molecule has 8 heteroatoms. The zero-order valence-corrected chi connectivity index (χ0v) is 14.4. The van der Waals surface area contributed by atoms with Crippen molar-refractivity contribution in [3.8, 4) is 6.07 Å². The Bertz CT molecular complexity index is 718. The molecule has 0 spiro atoms. The van der Waals surface area contributed by atoms with Crippen LogP contribution in [-0.2, 0) is 14.4 Å². The smallest absolute Gasteiger partial charge is 0.256 e. The third kappa shape index (κ3) is 4.16. The second-order valence-corrected chi connectivity index (χ2v) is 6.35. The number of likely N-dealkylation sites (N-methyl/N-ethyl adjacent to an activating group) is 1. The highest BCUT2D eigenvalue weighted by Crippen LogP contribution is 2.25. The van der Waals surface area contributed by atoms with Gasteiger partial charge in [0, 0.05) is 30.1 Å². The van der Waals surface area contributed by atoms with Crippen LogP contribution < -0.4 is 0 Å². The van der Waals surface area contributed by atoms with Crippen molar-refractivity contribution in [3.05, 3.63) is 34.9 Å². The minimum Gasteiger partial charge on any atom is -0.378 e. The summed E-state index contributed by atoms with van der Waals surface area (Å²) in [7, 11) is 1.38. The van der Waals surface area contributed by atoms with Gasteiger partial charge in [0.1, 0.15) is 12.3 Å². The van der Waals surface area contributed by atoms with Gasteiger partial charge in [-0.3, -0.25) is 9.59 Å². The molecule has 1 aliphatic rings. The third-order valence-electron chi connectivity index (χ3n) is 4.18. The Balaban J connectivity index is 2.03. The summed E-state index contributed by atoms with van der Waals surface area (Å²) in [6.07, 6.45) is -0.459. The molecule has 1 N–H and O–H groups in total. The highest BCUT2D eigenvalue weighted by Gasteiger charge is 2.36. The Morgan fingerprint density at radius 1 is 1.52 bits per heavy atom. The lowest BCUT2D eigenvalue weighted by molar-refractivity contribution is -0.144. The highest BCUT2D eigenvalue weighted by molar-refractivity contribution is 6.31. The van der Waals surface area contributed by atoms with Crippen LogP contribution in [0.25, 0.3) is 0 Å². The SMILES string of the molecule is CN(CC(=O)N1CC(C=O)CC1C#N)C(=O)C(O)c1ccccc1Cl. The van der Waals surface area contributed by atoms with E-state index in [9.17, 15) is 19.5 Å². The molecule has 7 nitrogen and oxygen atoms in total. The van der Waals surface area contributed by atoms with Crippen LogP contribution in [0.5, 0.6) is 0 Å². The number of nitrogens with zero attached hydrogens (tertiary/aromatic N) is 3. The zero-order chi connectivity index (χ0) is 18.6. The topological polar surface area (TPSA) is 102 Å². The number of aliphatic hydroxyl groups excluding tert-OH is 1. The summed E-state index contributed by atoms with van der Waals surface area (Å²) in [6, 6.07) is 7.72. The fourth-order valence-electron chi connectivity index (χ4n) is 2.78. The molecule has 3 unspecified atom stereocenters. The number of rotatable bonds is 5. The lowest BCUT2D eigenvalue weighted by atomic mass is 10.1. The van der Waals surface area contributed by atoms with Gasteiger partial charge in [0.15, 0.2) is 6.10 Å². The van der Waals surface area contributed by atoms with Crippen LogP contribution in [-0.4, -0.2) is 59.2 Å². The summed E-state index contributed by atoms with van der Waals surface area (Å²) >= 11 is 5.97. The number of hydrogen-bond donors (Lipinski definition) is 1. The number of amides is 2. The molecular formula is C17H18ClN3O4. The van der Waals surface area contributed by atoms with Crippen molar-refractivity contribution >= 4 is 29.7 Å². The number of nitriles is 1. The molecule has 0 aliphatic carbocycles. The maximum atomic E-state index is 12.4. The fourth-order valence-corrected chi connectivity index (χ4v) is 3.01. The lowest BCUT2D eigenvalue weighted by Gasteiger charge is -2.25. The summed E-state index contributed by atoms with van der Waals surface area (Å²) in [5, 5.41) is 19.6. The van der Waals surface area contributed by atoms with Crippen LogP contribution in [0, 0.1) is 17.2 Å². The van der Waals surface area contributed by atoms with Crippen molar-refractivity contribution in [2.24, 2.45) is 5.92 Å².